The molecule has 0 radical (unpaired) electrons. The lowest BCUT2D eigenvalue weighted by Gasteiger charge is -2.21. The van der Waals surface area contributed by atoms with E-state index in [9.17, 15) is 27.2 Å². The fourth-order valence-corrected chi connectivity index (χ4v) is 2.36. The molecule has 126 valence electrons. The van der Waals surface area contributed by atoms with Crippen LogP contribution in [0.25, 0.3) is 0 Å². The molecule has 0 aromatic heterocycles. The van der Waals surface area contributed by atoms with Crippen molar-refractivity contribution in [2.24, 2.45) is 5.41 Å². The fraction of sp³-hybridized carbons (Fsp3) is 0.429. The third-order valence-corrected chi connectivity index (χ3v) is 3.81. The van der Waals surface area contributed by atoms with Crippen molar-refractivity contribution >= 4 is 17.7 Å². The van der Waals surface area contributed by atoms with Gasteiger partial charge in [0.15, 0.2) is 0 Å². The van der Waals surface area contributed by atoms with Crippen molar-refractivity contribution in [3.63, 3.8) is 0 Å². The van der Waals surface area contributed by atoms with E-state index in [-0.39, 0.29) is 19.5 Å². The summed E-state index contributed by atoms with van der Waals surface area (Å²) in [5.41, 5.74) is -3.01. The SMILES string of the molecule is CC1(C(=O)O)CCN(C(=O)Nc2ccc(F)cc2C(F)(F)F)C1. The molecule has 0 aliphatic carbocycles. The number of nitrogens with zero attached hydrogens (tertiary/aromatic N) is 1. The summed E-state index contributed by atoms with van der Waals surface area (Å²) in [6, 6.07) is 1.06. The van der Waals surface area contributed by atoms with Gasteiger partial charge in [0.1, 0.15) is 5.82 Å². The molecular formula is C14H14F4N2O3. The number of carbonyl (C=O) groups excluding carboxylic acids is 1. The largest absolute Gasteiger partial charge is 0.481 e. The predicted molar refractivity (Wildman–Crippen MR) is 72.4 cm³/mol. The number of hydrogen-bond donors (Lipinski definition) is 2. The molecule has 1 saturated heterocycles. The van der Waals surface area contributed by atoms with Crippen LogP contribution in [0.3, 0.4) is 0 Å². The Hall–Kier alpha value is -2.32. The van der Waals surface area contributed by atoms with Crippen molar-refractivity contribution in [3.05, 3.63) is 29.6 Å². The highest BCUT2D eigenvalue weighted by atomic mass is 19.4. The number of carboxylic acid groups (broad SMARTS) is 1. The minimum atomic E-state index is -4.83. The Balaban J connectivity index is 2.18. The molecule has 1 fully saturated rings. The quantitative estimate of drug-likeness (QED) is 0.816. The van der Waals surface area contributed by atoms with Gasteiger partial charge in [0.05, 0.1) is 16.7 Å². The second-order valence-electron chi connectivity index (χ2n) is 5.66. The second kappa shape index (κ2) is 5.71. The van der Waals surface area contributed by atoms with Crippen molar-refractivity contribution < 1.29 is 32.3 Å². The number of nitrogens with one attached hydrogen (secondary N) is 1. The summed E-state index contributed by atoms with van der Waals surface area (Å²) in [6.45, 7) is 1.45. The zero-order valence-electron chi connectivity index (χ0n) is 12.1. The number of amides is 2. The number of benzene rings is 1. The number of aliphatic carboxylic acids is 1. The van der Waals surface area contributed by atoms with Gasteiger partial charge in [-0.2, -0.15) is 13.2 Å². The van der Waals surface area contributed by atoms with Gasteiger partial charge in [-0.15, -0.1) is 0 Å². The van der Waals surface area contributed by atoms with Crippen molar-refractivity contribution in [1.82, 2.24) is 4.90 Å². The van der Waals surface area contributed by atoms with E-state index in [1.54, 1.807) is 0 Å². The predicted octanol–water partition coefficient (Wildman–Crippen LogP) is 3.17. The smallest absolute Gasteiger partial charge is 0.418 e. The van der Waals surface area contributed by atoms with E-state index in [1.165, 1.54) is 6.92 Å². The first kappa shape index (κ1) is 17.0. The first-order chi connectivity index (χ1) is 10.5. The maximum absolute atomic E-state index is 13.0. The van der Waals surface area contributed by atoms with Crippen LogP contribution in [0.1, 0.15) is 18.9 Å². The molecule has 1 aromatic rings. The minimum Gasteiger partial charge on any atom is -0.481 e. The van der Waals surface area contributed by atoms with Gasteiger partial charge in [-0.05, 0) is 31.5 Å². The van der Waals surface area contributed by atoms with Crippen LogP contribution in [0, 0.1) is 11.2 Å². The molecule has 2 rings (SSSR count). The second-order valence-corrected chi connectivity index (χ2v) is 5.66. The molecule has 1 atom stereocenters. The lowest BCUT2D eigenvalue weighted by molar-refractivity contribution is -0.147. The van der Waals surface area contributed by atoms with Crippen LogP contribution >= 0.6 is 0 Å². The normalized spacial score (nSPS) is 21.3. The van der Waals surface area contributed by atoms with E-state index in [4.69, 9.17) is 5.11 Å². The number of hydrogen-bond acceptors (Lipinski definition) is 2. The van der Waals surface area contributed by atoms with E-state index in [0.29, 0.717) is 6.07 Å². The Morgan fingerprint density at radius 3 is 2.52 bits per heavy atom. The van der Waals surface area contributed by atoms with E-state index >= 15 is 0 Å². The zero-order chi connectivity index (χ0) is 17.4. The summed E-state index contributed by atoms with van der Waals surface area (Å²) in [6.07, 6.45) is -4.63. The molecule has 1 aromatic carbocycles. The van der Waals surface area contributed by atoms with Crippen molar-refractivity contribution in [2.75, 3.05) is 18.4 Å². The van der Waals surface area contributed by atoms with Crippen LogP contribution in [0.5, 0.6) is 0 Å². The number of rotatable bonds is 2. The first-order valence-corrected chi connectivity index (χ1v) is 6.69. The molecule has 9 heteroatoms. The molecule has 2 amide bonds. The average Bonchev–Trinajstić information content (AvgIpc) is 2.84. The molecule has 1 unspecified atom stereocenters. The molecule has 0 spiro atoms. The van der Waals surface area contributed by atoms with E-state index in [1.807, 2.05) is 0 Å². The summed E-state index contributed by atoms with van der Waals surface area (Å²) in [5.74, 6) is -2.15. The molecule has 23 heavy (non-hydrogen) atoms. The maximum atomic E-state index is 13.0. The van der Waals surface area contributed by atoms with Gasteiger partial charge >= 0.3 is 18.2 Å². The Morgan fingerprint density at radius 1 is 1.35 bits per heavy atom. The lowest BCUT2D eigenvalue weighted by Crippen LogP contribution is -2.37. The van der Waals surface area contributed by atoms with Gasteiger partial charge < -0.3 is 15.3 Å². The van der Waals surface area contributed by atoms with Crippen LogP contribution in [0.4, 0.5) is 28.0 Å². The molecule has 1 aliphatic heterocycles. The Morgan fingerprint density at radius 2 is 2.00 bits per heavy atom. The third-order valence-electron chi connectivity index (χ3n) is 3.81. The summed E-state index contributed by atoms with van der Waals surface area (Å²) in [4.78, 5) is 24.3. The van der Waals surface area contributed by atoms with Crippen LogP contribution in [0.2, 0.25) is 0 Å². The lowest BCUT2D eigenvalue weighted by atomic mass is 9.90. The minimum absolute atomic E-state index is 0.108. The van der Waals surface area contributed by atoms with Crippen molar-refractivity contribution in [1.29, 1.82) is 0 Å². The molecule has 5 nitrogen and oxygen atoms in total. The van der Waals surface area contributed by atoms with Crippen LogP contribution < -0.4 is 5.32 Å². The van der Waals surface area contributed by atoms with E-state index in [0.717, 1.165) is 17.0 Å². The average molecular weight is 334 g/mol. The van der Waals surface area contributed by atoms with E-state index in [2.05, 4.69) is 5.32 Å². The van der Waals surface area contributed by atoms with Gasteiger partial charge in [-0.25, -0.2) is 9.18 Å². The van der Waals surface area contributed by atoms with Crippen LogP contribution in [-0.4, -0.2) is 35.1 Å². The summed E-state index contributed by atoms with van der Waals surface area (Å²) in [7, 11) is 0. The molecule has 0 saturated carbocycles. The summed E-state index contributed by atoms with van der Waals surface area (Å²) >= 11 is 0. The number of carbonyl (C=O) groups is 2. The number of alkyl halides is 3. The zero-order valence-corrected chi connectivity index (χ0v) is 12.1. The third kappa shape index (κ3) is 3.54. The Kier molecular flexibility index (Phi) is 4.23. The van der Waals surface area contributed by atoms with Gasteiger partial charge in [-0.3, -0.25) is 4.79 Å². The Bertz CT molecular complexity index is 647. The highest BCUT2D eigenvalue weighted by Gasteiger charge is 2.42. The van der Waals surface area contributed by atoms with Crippen LogP contribution in [-0.2, 0) is 11.0 Å². The topological polar surface area (TPSA) is 69.6 Å². The molecule has 0 bridgehead atoms. The van der Waals surface area contributed by atoms with Gasteiger partial charge in [0.2, 0.25) is 0 Å². The van der Waals surface area contributed by atoms with Gasteiger partial charge in [-0.1, -0.05) is 0 Å². The number of halogens is 4. The molecule has 2 N–H and O–H groups in total. The van der Waals surface area contributed by atoms with Crippen molar-refractivity contribution in [3.8, 4) is 0 Å². The van der Waals surface area contributed by atoms with Gasteiger partial charge in [0, 0.05) is 13.1 Å². The maximum Gasteiger partial charge on any atom is 0.418 e. The number of likely N-dealkylation sites (tertiary alicyclic amines) is 1. The first-order valence-electron chi connectivity index (χ1n) is 6.69. The number of anilines is 1. The standard InChI is InChI=1S/C14H14F4N2O3/c1-13(11(21)22)4-5-20(7-13)12(23)19-10-3-2-8(15)6-9(10)14(16,17)18/h2-3,6H,4-5,7H2,1H3,(H,19,23)(H,21,22). The van der Waals surface area contributed by atoms with Crippen molar-refractivity contribution in [2.45, 2.75) is 19.5 Å². The molecular weight excluding hydrogens is 320 g/mol. The Labute approximate surface area is 128 Å². The molecule has 1 aliphatic rings. The molecule has 1 heterocycles. The number of carboxylic acids is 1. The monoisotopic (exact) mass is 334 g/mol. The van der Waals surface area contributed by atoms with Crippen LogP contribution in [0.15, 0.2) is 18.2 Å². The van der Waals surface area contributed by atoms with Gasteiger partial charge in [0.25, 0.3) is 0 Å². The van der Waals surface area contributed by atoms with E-state index < -0.39 is 40.7 Å². The number of urea groups is 1. The fourth-order valence-electron chi connectivity index (χ4n) is 2.36. The highest BCUT2D eigenvalue weighted by molar-refractivity contribution is 5.91. The highest BCUT2D eigenvalue weighted by Crippen LogP contribution is 2.36. The summed E-state index contributed by atoms with van der Waals surface area (Å²) < 4.78 is 51.6. The summed E-state index contributed by atoms with van der Waals surface area (Å²) in [5, 5.41) is 11.2.